The monoisotopic (exact) mass is 282 g/mol. The van der Waals surface area contributed by atoms with Crippen LogP contribution in [0.25, 0.3) is 0 Å². The van der Waals surface area contributed by atoms with Crippen molar-refractivity contribution in [3.63, 3.8) is 0 Å². The zero-order valence-corrected chi connectivity index (χ0v) is 12.4. The Bertz CT molecular complexity index is 360. The van der Waals surface area contributed by atoms with E-state index >= 15 is 0 Å². The van der Waals surface area contributed by atoms with Crippen molar-refractivity contribution in [1.29, 1.82) is 0 Å². The Kier molecular flexibility index (Phi) is 8.09. The van der Waals surface area contributed by atoms with Gasteiger partial charge in [0.1, 0.15) is 0 Å². The van der Waals surface area contributed by atoms with Gasteiger partial charge in [0.2, 0.25) is 0 Å². The Balaban J connectivity index is 2.09. The minimum absolute atomic E-state index is 0.0234. The van der Waals surface area contributed by atoms with Crippen LogP contribution in [-0.4, -0.2) is 50.5 Å². The smallest absolute Gasteiger partial charge is 0.317 e. The van der Waals surface area contributed by atoms with Gasteiger partial charge in [-0.1, -0.05) is 18.2 Å². The van der Waals surface area contributed by atoms with Gasteiger partial charge in [0.15, 0.2) is 0 Å². The molecule has 0 saturated heterocycles. The molecule has 19 heavy (non-hydrogen) atoms. The van der Waals surface area contributed by atoms with Gasteiger partial charge in [-0.2, -0.15) is 0 Å². The van der Waals surface area contributed by atoms with Crippen LogP contribution in [0.5, 0.6) is 0 Å². The van der Waals surface area contributed by atoms with Crippen LogP contribution in [0.2, 0.25) is 0 Å². The van der Waals surface area contributed by atoms with Gasteiger partial charge in [-0.25, -0.2) is 4.79 Å². The van der Waals surface area contributed by atoms with E-state index in [0.717, 1.165) is 12.2 Å². The summed E-state index contributed by atoms with van der Waals surface area (Å²) in [5, 5.41) is 2.90. The summed E-state index contributed by atoms with van der Waals surface area (Å²) in [5.74, 6) is 0.877. The van der Waals surface area contributed by atoms with E-state index in [1.54, 1.807) is 30.8 Å². The maximum absolute atomic E-state index is 11.7. The molecule has 0 aliphatic carbocycles. The third-order valence-electron chi connectivity index (χ3n) is 2.58. The average Bonchev–Trinajstić information content (AvgIpc) is 2.44. The highest BCUT2D eigenvalue weighted by Gasteiger charge is 2.06. The zero-order valence-electron chi connectivity index (χ0n) is 11.6. The molecule has 1 rings (SSSR count). The fourth-order valence-electron chi connectivity index (χ4n) is 1.53. The molecule has 0 saturated carbocycles. The number of rotatable bonds is 8. The van der Waals surface area contributed by atoms with E-state index in [4.69, 9.17) is 4.74 Å². The third kappa shape index (κ3) is 7.08. The molecule has 0 aliphatic heterocycles. The minimum Gasteiger partial charge on any atom is -0.385 e. The second kappa shape index (κ2) is 9.69. The van der Waals surface area contributed by atoms with Gasteiger partial charge in [-0.05, 0) is 18.6 Å². The van der Waals surface area contributed by atoms with Crippen molar-refractivity contribution in [1.82, 2.24) is 10.2 Å². The van der Waals surface area contributed by atoms with Crippen molar-refractivity contribution in [3.8, 4) is 0 Å². The molecule has 0 aliphatic rings. The van der Waals surface area contributed by atoms with E-state index in [-0.39, 0.29) is 6.03 Å². The van der Waals surface area contributed by atoms with Crippen molar-refractivity contribution in [3.05, 3.63) is 30.3 Å². The third-order valence-corrected chi connectivity index (χ3v) is 3.59. The van der Waals surface area contributed by atoms with Crippen LogP contribution in [0.15, 0.2) is 35.2 Å². The number of thioether (sulfide) groups is 1. The molecule has 1 aromatic carbocycles. The number of amides is 2. The highest BCUT2D eigenvalue weighted by molar-refractivity contribution is 7.99. The second-order valence-electron chi connectivity index (χ2n) is 4.16. The molecule has 0 heterocycles. The maximum Gasteiger partial charge on any atom is 0.317 e. The van der Waals surface area contributed by atoms with Crippen LogP contribution in [-0.2, 0) is 4.74 Å². The number of hydrogen-bond donors (Lipinski definition) is 1. The van der Waals surface area contributed by atoms with Crippen molar-refractivity contribution in [2.45, 2.75) is 11.3 Å². The van der Waals surface area contributed by atoms with Gasteiger partial charge in [0.25, 0.3) is 0 Å². The van der Waals surface area contributed by atoms with Crippen LogP contribution < -0.4 is 5.32 Å². The number of urea groups is 1. The highest BCUT2D eigenvalue weighted by atomic mass is 32.2. The molecule has 5 heteroatoms. The lowest BCUT2D eigenvalue weighted by Crippen LogP contribution is -2.39. The van der Waals surface area contributed by atoms with Gasteiger partial charge in [0, 0.05) is 44.5 Å². The summed E-state index contributed by atoms with van der Waals surface area (Å²) in [5.41, 5.74) is 0. The molecule has 4 nitrogen and oxygen atoms in total. The topological polar surface area (TPSA) is 41.6 Å². The standard InChI is InChI=1S/C14H22N2O2S/c1-16(10-6-11-18-2)14(17)15-9-12-19-13-7-4-3-5-8-13/h3-5,7-8H,6,9-12H2,1-2H3,(H,15,17). The number of carbonyl (C=O) groups excluding carboxylic acids is 1. The lowest BCUT2D eigenvalue weighted by atomic mass is 10.4. The quantitative estimate of drug-likeness (QED) is 0.588. The summed E-state index contributed by atoms with van der Waals surface area (Å²) >= 11 is 1.74. The van der Waals surface area contributed by atoms with E-state index in [1.807, 2.05) is 18.2 Å². The number of carbonyl (C=O) groups is 1. The zero-order chi connectivity index (χ0) is 13.9. The number of nitrogens with one attached hydrogen (secondary N) is 1. The van der Waals surface area contributed by atoms with Crippen LogP contribution in [0.3, 0.4) is 0 Å². The van der Waals surface area contributed by atoms with Crippen molar-refractivity contribution >= 4 is 17.8 Å². The Morgan fingerprint density at radius 1 is 1.37 bits per heavy atom. The van der Waals surface area contributed by atoms with Gasteiger partial charge < -0.3 is 15.0 Å². The molecule has 0 bridgehead atoms. The average molecular weight is 282 g/mol. The lowest BCUT2D eigenvalue weighted by molar-refractivity contribution is 0.176. The van der Waals surface area contributed by atoms with Crippen molar-refractivity contribution in [2.24, 2.45) is 0 Å². The summed E-state index contributed by atoms with van der Waals surface area (Å²) in [7, 11) is 3.47. The van der Waals surface area contributed by atoms with E-state index in [1.165, 1.54) is 4.90 Å². The molecule has 2 amide bonds. The summed E-state index contributed by atoms with van der Waals surface area (Å²) < 4.78 is 4.96. The largest absolute Gasteiger partial charge is 0.385 e. The van der Waals surface area contributed by atoms with E-state index in [2.05, 4.69) is 17.4 Å². The van der Waals surface area contributed by atoms with Crippen LogP contribution in [0, 0.1) is 0 Å². The summed E-state index contributed by atoms with van der Waals surface area (Å²) in [6.45, 7) is 2.07. The molecule has 0 spiro atoms. The van der Waals surface area contributed by atoms with Gasteiger partial charge in [0.05, 0.1) is 0 Å². The number of benzene rings is 1. The first-order valence-electron chi connectivity index (χ1n) is 6.40. The molecule has 106 valence electrons. The molecule has 0 aromatic heterocycles. The van der Waals surface area contributed by atoms with Gasteiger partial charge in [-0.15, -0.1) is 11.8 Å². The van der Waals surface area contributed by atoms with Crippen LogP contribution >= 0.6 is 11.8 Å². The predicted molar refractivity (Wildman–Crippen MR) is 79.7 cm³/mol. The maximum atomic E-state index is 11.7. The highest BCUT2D eigenvalue weighted by Crippen LogP contribution is 2.15. The molecule has 0 unspecified atom stereocenters. The predicted octanol–water partition coefficient (Wildman–Crippen LogP) is 2.46. The molecule has 0 atom stereocenters. The SMILES string of the molecule is COCCCN(C)C(=O)NCCSc1ccccc1. The molecule has 1 aromatic rings. The molecule has 1 N–H and O–H groups in total. The first kappa shape index (κ1) is 15.9. The number of methoxy groups -OCH3 is 1. The first-order valence-corrected chi connectivity index (χ1v) is 7.38. The second-order valence-corrected chi connectivity index (χ2v) is 5.33. The Hall–Kier alpha value is -1.20. The normalized spacial score (nSPS) is 10.2. The minimum atomic E-state index is -0.0234. The Labute approximate surface area is 119 Å². The fraction of sp³-hybridized carbons (Fsp3) is 0.500. The van der Waals surface area contributed by atoms with Crippen molar-refractivity contribution < 1.29 is 9.53 Å². The number of ether oxygens (including phenoxy) is 1. The van der Waals surface area contributed by atoms with E-state index in [0.29, 0.717) is 19.7 Å². The summed E-state index contributed by atoms with van der Waals surface area (Å²) in [6, 6.07) is 10.2. The molecular weight excluding hydrogens is 260 g/mol. The van der Waals surface area contributed by atoms with E-state index < -0.39 is 0 Å². The molecule has 0 fully saturated rings. The fourth-order valence-corrected chi connectivity index (χ4v) is 2.32. The molecule has 0 radical (unpaired) electrons. The van der Waals surface area contributed by atoms with Crippen LogP contribution in [0.4, 0.5) is 4.79 Å². The Morgan fingerprint density at radius 3 is 2.79 bits per heavy atom. The number of hydrogen-bond acceptors (Lipinski definition) is 3. The first-order chi connectivity index (χ1) is 9.24. The van der Waals surface area contributed by atoms with Crippen LogP contribution in [0.1, 0.15) is 6.42 Å². The summed E-state index contributed by atoms with van der Waals surface area (Å²) in [6.07, 6.45) is 0.860. The number of nitrogens with zero attached hydrogens (tertiary/aromatic N) is 1. The Morgan fingerprint density at radius 2 is 2.11 bits per heavy atom. The summed E-state index contributed by atoms with van der Waals surface area (Å²) in [4.78, 5) is 14.6. The van der Waals surface area contributed by atoms with Gasteiger partial charge in [-0.3, -0.25) is 0 Å². The van der Waals surface area contributed by atoms with Crippen molar-refractivity contribution in [2.75, 3.05) is 39.6 Å². The molecular formula is C14H22N2O2S. The van der Waals surface area contributed by atoms with E-state index in [9.17, 15) is 4.79 Å². The van der Waals surface area contributed by atoms with Gasteiger partial charge >= 0.3 is 6.03 Å². The lowest BCUT2D eigenvalue weighted by Gasteiger charge is -2.17.